The molecule has 0 radical (unpaired) electrons. The van der Waals surface area contributed by atoms with Crippen LogP contribution in [0.2, 0.25) is 0 Å². The van der Waals surface area contributed by atoms with E-state index in [0.717, 1.165) is 0 Å². The van der Waals surface area contributed by atoms with Crippen molar-refractivity contribution in [2.45, 2.75) is 58.1 Å². The number of amides is 1. The van der Waals surface area contributed by atoms with Crippen molar-refractivity contribution in [3.63, 3.8) is 0 Å². The topological polar surface area (TPSA) is 191 Å². The molecule has 0 heterocycles. The van der Waals surface area contributed by atoms with Gasteiger partial charge in [0.25, 0.3) is 0 Å². The van der Waals surface area contributed by atoms with E-state index in [1.165, 1.54) is 12.1 Å². The number of aliphatic hydroxyl groups is 1. The van der Waals surface area contributed by atoms with Gasteiger partial charge in [0.2, 0.25) is 5.91 Å². The van der Waals surface area contributed by atoms with E-state index in [4.69, 9.17) is 15.2 Å². The summed E-state index contributed by atoms with van der Waals surface area (Å²) in [4.78, 5) is 80.2. The van der Waals surface area contributed by atoms with Crippen LogP contribution in [0.1, 0.15) is 61.5 Å². The van der Waals surface area contributed by atoms with Crippen LogP contribution in [0.5, 0.6) is 5.75 Å². The number of ketones is 3. The monoisotopic (exact) mass is 612 g/mol. The Balaban J connectivity index is 1.80. The van der Waals surface area contributed by atoms with Gasteiger partial charge in [0.05, 0.1) is 36.7 Å². The number of esters is 2. The fourth-order valence-electron chi connectivity index (χ4n) is 7.18. The minimum atomic E-state index is -2.15. The number of aromatic hydroxyl groups is 1. The molecule has 3 aliphatic carbocycles. The van der Waals surface area contributed by atoms with Gasteiger partial charge in [-0.1, -0.05) is 13.0 Å². The van der Waals surface area contributed by atoms with Gasteiger partial charge in [-0.25, -0.2) is 4.79 Å². The number of nitrogens with two attached hydrogens (primary N) is 1. The van der Waals surface area contributed by atoms with Gasteiger partial charge < -0.3 is 25.4 Å². The van der Waals surface area contributed by atoms with Crippen LogP contribution in [0.4, 0.5) is 0 Å². The third-order valence-corrected chi connectivity index (χ3v) is 9.19. The molecule has 1 amide bonds. The predicted molar refractivity (Wildman–Crippen MR) is 156 cm³/mol. The maximum Gasteiger partial charge on any atom is 0.334 e. The number of Topliss-reactive ketones (excluding diaryl/α,β-unsaturated/α-hetero) is 3. The Bertz CT molecular complexity index is 1430. The molecule has 0 aliphatic heterocycles. The highest BCUT2D eigenvalue weighted by molar-refractivity contribution is 6.18. The number of phenolic OH excluding ortho intramolecular Hbond substituents is 1. The van der Waals surface area contributed by atoms with Crippen molar-refractivity contribution in [3.05, 3.63) is 34.4 Å². The molecule has 12 nitrogen and oxygen atoms in total. The highest BCUT2D eigenvalue weighted by atomic mass is 16.5. The van der Waals surface area contributed by atoms with Crippen molar-refractivity contribution in [2.75, 3.05) is 27.3 Å². The van der Waals surface area contributed by atoms with Crippen LogP contribution in [0, 0.1) is 29.6 Å². The fraction of sp³-hybridized carbons (Fsp3) is 0.562. The lowest BCUT2D eigenvalue weighted by molar-refractivity contribution is -0.176. The molecule has 0 bridgehead atoms. The van der Waals surface area contributed by atoms with Crippen molar-refractivity contribution in [1.82, 2.24) is 4.90 Å². The molecule has 3 aliphatic rings. The maximum atomic E-state index is 14.0. The molecule has 2 saturated carbocycles. The number of phenols is 1. The van der Waals surface area contributed by atoms with Crippen LogP contribution in [0.3, 0.4) is 0 Å². The third-order valence-electron chi connectivity index (χ3n) is 9.19. The zero-order valence-corrected chi connectivity index (χ0v) is 25.6. The summed E-state index contributed by atoms with van der Waals surface area (Å²) in [6.45, 7) is 5.21. The van der Waals surface area contributed by atoms with Crippen molar-refractivity contribution in [2.24, 2.45) is 35.3 Å². The van der Waals surface area contributed by atoms with Gasteiger partial charge in [-0.2, -0.15) is 0 Å². The van der Waals surface area contributed by atoms with E-state index >= 15 is 0 Å². The zero-order valence-electron chi connectivity index (χ0n) is 25.6. The Hall–Kier alpha value is -3.90. The van der Waals surface area contributed by atoms with Gasteiger partial charge >= 0.3 is 11.9 Å². The first-order valence-electron chi connectivity index (χ1n) is 14.9. The van der Waals surface area contributed by atoms with E-state index in [1.807, 2.05) is 0 Å². The smallest absolute Gasteiger partial charge is 0.334 e. The Labute approximate surface area is 255 Å². The number of benzene rings is 1. The summed E-state index contributed by atoms with van der Waals surface area (Å²) < 4.78 is 10.3. The number of carbonyl (C=O) groups is 6. The lowest BCUT2D eigenvalue weighted by Crippen LogP contribution is -2.69. The van der Waals surface area contributed by atoms with Gasteiger partial charge in [0.15, 0.2) is 17.3 Å². The zero-order chi connectivity index (χ0) is 32.7. The number of hydrogen-bond donors (Lipinski definition) is 3. The molecular formula is C32H40N2O10. The van der Waals surface area contributed by atoms with Crippen molar-refractivity contribution in [3.8, 4) is 5.75 Å². The number of primary amides is 1. The highest BCUT2D eigenvalue weighted by Gasteiger charge is 2.64. The first-order valence-corrected chi connectivity index (χ1v) is 14.9. The molecule has 1 aromatic carbocycles. The SMILES string of the molecule is CCOC(=O)/C(=C\c1ccc(O)c2c1CC1CC3C(N(C)C)C(=O)C(C(N)=O)CC3(O)C(=O)C1C2=O)CC(C)C(=O)OCC. The Morgan fingerprint density at radius 3 is 2.39 bits per heavy atom. The second-order valence-corrected chi connectivity index (χ2v) is 12.2. The number of fused-ring (bicyclic) bond motifs is 3. The molecule has 7 atom stereocenters. The van der Waals surface area contributed by atoms with Gasteiger partial charge in [0, 0.05) is 17.9 Å². The van der Waals surface area contributed by atoms with Crippen LogP contribution < -0.4 is 5.73 Å². The normalized spacial score (nSPS) is 28.9. The molecule has 1 aromatic rings. The number of hydrogen-bond acceptors (Lipinski definition) is 11. The van der Waals surface area contributed by atoms with Crippen molar-refractivity contribution in [1.29, 1.82) is 0 Å². The second-order valence-electron chi connectivity index (χ2n) is 12.2. The maximum absolute atomic E-state index is 14.0. The average molecular weight is 613 g/mol. The van der Waals surface area contributed by atoms with Crippen LogP contribution in [-0.4, -0.2) is 89.3 Å². The van der Waals surface area contributed by atoms with E-state index in [9.17, 15) is 39.0 Å². The molecule has 7 unspecified atom stereocenters. The van der Waals surface area contributed by atoms with E-state index in [1.54, 1.807) is 45.8 Å². The fourth-order valence-corrected chi connectivity index (χ4v) is 7.18. The van der Waals surface area contributed by atoms with Gasteiger partial charge in [-0.05, 0) is 76.4 Å². The number of likely N-dealkylation sites (N-methyl/N-ethyl adjacent to an activating group) is 1. The van der Waals surface area contributed by atoms with Gasteiger partial charge in [-0.3, -0.25) is 28.9 Å². The molecular weight excluding hydrogens is 572 g/mol. The van der Waals surface area contributed by atoms with E-state index in [-0.39, 0.29) is 49.4 Å². The average Bonchev–Trinajstić information content (AvgIpc) is 2.94. The number of ether oxygens (including phenoxy) is 2. The summed E-state index contributed by atoms with van der Waals surface area (Å²) in [5.74, 6) is -9.33. The highest BCUT2D eigenvalue weighted by Crippen LogP contribution is 2.52. The molecule has 238 valence electrons. The van der Waals surface area contributed by atoms with E-state index in [2.05, 4.69) is 0 Å². The first kappa shape index (κ1) is 33.0. The number of nitrogens with zero attached hydrogens (tertiary/aromatic N) is 1. The molecule has 4 N–H and O–H groups in total. The van der Waals surface area contributed by atoms with Crippen LogP contribution in [0.15, 0.2) is 17.7 Å². The molecule has 0 spiro atoms. The molecule has 4 rings (SSSR count). The van der Waals surface area contributed by atoms with Crippen LogP contribution in [0.25, 0.3) is 6.08 Å². The molecule has 12 heteroatoms. The van der Waals surface area contributed by atoms with Crippen LogP contribution >= 0.6 is 0 Å². The molecule has 44 heavy (non-hydrogen) atoms. The second kappa shape index (κ2) is 12.6. The summed E-state index contributed by atoms with van der Waals surface area (Å²) in [5, 5.41) is 22.6. The van der Waals surface area contributed by atoms with E-state index in [0.29, 0.717) is 11.1 Å². The van der Waals surface area contributed by atoms with Crippen LogP contribution in [-0.2, 0) is 39.9 Å². The Morgan fingerprint density at radius 1 is 1.14 bits per heavy atom. The van der Waals surface area contributed by atoms with Crippen molar-refractivity contribution < 1.29 is 48.5 Å². The Kier molecular flexibility index (Phi) is 9.46. The summed E-state index contributed by atoms with van der Waals surface area (Å²) in [6, 6.07) is 1.84. The van der Waals surface area contributed by atoms with Gasteiger partial charge in [-0.15, -0.1) is 0 Å². The third kappa shape index (κ3) is 5.68. The Morgan fingerprint density at radius 2 is 1.80 bits per heavy atom. The molecule has 2 fully saturated rings. The first-order chi connectivity index (χ1) is 20.7. The lowest BCUT2D eigenvalue weighted by Gasteiger charge is -2.53. The van der Waals surface area contributed by atoms with E-state index < -0.39 is 82.8 Å². The minimum absolute atomic E-state index is 0.00539. The standard InChI is InChI=1S/C32H40N2O10/c1-6-43-30(40)15(3)10-18(31(41)44-7-2)11-16-8-9-22(35)24-19(16)12-17-13-21-25(34(4)5)26(36)20(29(33)39)14-32(21,42)28(38)23(17)27(24)37/h8-9,11,15,17,20-21,23,25,35,42H,6-7,10,12-14H2,1-5H3,(H2,33,39)/b18-11-. The minimum Gasteiger partial charge on any atom is -0.507 e. The lowest BCUT2D eigenvalue weighted by atomic mass is 9.52. The summed E-state index contributed by atoms with van der Waals surface area (Å²) >= 11 is 0. The quantitative estimate of drug-likeness (QED) is 0.206. The number of rotatable bonds is 9. The van der Waals surface area contributed by atoms with Gasteiger partial charge in [0.1, 0.15) is 17.3 Å². The molecule has 0 aromatic heterocycles. The molecule has 0 saturated heterocycles. The summed E-state index contributed by atoms with van der Waals surface area (Å²) in [5.41, 5.74) is 4.22. The predicted octanol–water partition coefficient (Wildman–Crippen LogP) is 1.22. The van der Waals surface area contributed by atoms with Crippen molar-refractivity contribution >= 4 is 41.3 Å². The largest absolute Gasteiger partial charge is 0.507 e. The summed E-state index contributed by atoms with van der Waals surface area (Å²) in [7, 11) is 3.22. The summed E-state index contributed by atoms with van der Waals surface area (Å²) in [6.07, 6.45) is 1.25. The number of carbonyl (C=O) groups excluding carboxylic acids is 6.